The summed E-state index contributed by atoms with van der Waals surface area (Å²) in [6.45, 7) is 6.07. The molecule has 0 saturated carbocycles. The number of aryl methyl sites for hydroxylation is 1. The van der Waals surface area contributed by atoms with Crippen LogP contribution in [-0.4, -0.2) is 24.1 Å². The van der Waals surface area contributed by atoms with E-state index in [1.807, 2.05) is 32.0 Å². The van der Waals surface area contributed by atoms with E-state index >= 15 is 0 Å². The molecule has 1 rings (SSSR count). The highest BCUT2D eigenvalue weighted by Crippen LogP contribution is 2.01. The van der Waals surface area contributed by atoms with Gasteiger partial charge in [0.05, 0.1) is 12.3 Å². The number of nitrogens with zero attached hydrogens (tertiary/aromatic N) is 1. The lowest BCUT2D eigenvalue weighted by atomic mass is 10.2. The number of esters is 1. The van der Waals surface area contributed by atoms with Crippen molar-refractivity contribution >= 4 is 5.97 Å². The highest BCUT2D eigenvalue weighted by Gasteiger charge is 2.00. The first-order valence-corrected chi connectivity index (χ1v) is 7.01. The standard InChI is InChI=1S/C15H24N2O2/c1-3-19-15(18)10-5-4-6-11-16-12-14-9-7-8-13(2)17-14/h7-9,16H,3-6,10-12H2,1-2H3. The fraction of sp³-hybridized carbons (Fsp3) is 0.600. The summed E-state index contributed by atoms with van der Waals surface area (Å²) in [7, 11) is 0. The molecule has 0 bridgehead atoms. The van der Waals surface area contributed by atoms with Crippen LogP contribution in [0.4, 0.5) is 0 Å². The SMILES string of the molecule is CCOC(=O)CCCCCNCc1cccc(C)n1. The molecule has 0 aromatic carbocycles. The Morgan fingerprint density at radius 2 is 2.16 bits per heavy atom. The number of ether oxygens (including phenoxy) is 1. The summed E-state index contributed by atoms with van der Waals surface area (Å²) < 4.78 is 4.88. The fourth-order valence-electron chi connectivity index (χ4n) is 1.84. The second-order valence-electron chi connectivity index (χ2n) is 4.56. The molecule has 106 valence electrons. The number of pyridine rings is 1. The first-order chi connectivity index (χ1) is 9.22. The largest absolute Gasteiger partial charge is 0.466 e. The van der Waals surface area contributed by atoms with Gasteiger partial charge in [0.2, 0.25) is 0 Å². The van der Waals surface area contributed by atoms with Gasteiger partial charge in [0.15, 0.2) is 0 Å². The van der Waals surface area contributed by atoms with E-state index in [2.05, 4.69) is 10.3 Å². The van der Waals surface area contributed by atoms with E-state index < -0.39 is 0 Å². The molecule has 0 fully saturated rings. The van der Waals surface area contributed by atoms with Crippen molar-refractivity contribution in [2.24, 2.45) is 0 Å². The minimum absolute atomic E-state index is 0.0839. The summed E-state index contributed by atoms with van der Waals surface area (Å²) in [4.78, 5) is 15.5. The zero-order valence-corrected chi connectivity index (χ0v) is 11.9. The summed E-state index contributed by atoms with van der Waals surface area (Å²) in [6, 6.07) is 6.05. The van der Waals surface area contributed by atoms with Crippen LogP contribution in [0.2, 0.25) is 0 Å². The third-order valence-corrected chi connectivity index (χ3v) is 2.79. The summed E-state index contributed by atoms with van der Waals surface area (Å²) in [5.74, 6) is -0.0839. The molecule has 19 heavy (non-hydrogen) atoms. The van der Waals surface area contributed by atoms with Gasteiger partial charge in [-0.3, -0.25) is 9.78 Å². The molecular formula is C15H24N2O2. The van der Waals surface area contributed by atoms with Crippen molar-refractivity contribution in [2.75, 3.05) is 13.2 Å². The topological polar surface area (TPSA) is 51.2 Å². The van der Waals surface area contributed by atoms with E-state index in [0.29, 0.717) is 13.0 Å². The van der Waals surface area contributed by atoms with Gasteiger partial charge in [-0.25, -0.2) is 0 Å². The Hall–Kier alpha value is -1.42. The minimum atomic E-state index is -0.0839. The monoisotopic (exact) mass is 264 g/mol. The summed E-state index contributed by atoms with van der Waals surface area (Å²) in [5.41, 5.74) is 2.13. The summed E-state index contributed by atoms with van der Waals surface area (Å²) in [6.07, 6.45) is 3.56. The smallest absolute Gasteiger partial charge is 0.305 e. The minimum Gasteiger partial charge on any atom is -0.466 e. The molecule has 1 aromatic heterocycles. The van der Waals surface area contributed by atoms with Crippen LogP contribution in [0.3, 0.4) is 0 Å². The molecule has 0 amide bonds. The lowest BCUT2D eigenvalue weighted by Crippen LogP contribution is -2.15. The number of carbonyl (C=O) groups is 1. The number of hydrogen-bond donors (Lipinski definition) is 1. The molecule has 0 aliphatic rings. The Morgan fingerprint density at radius 3 is 2.89 bits per heavy atom. The van der Waals surface area contributed by atoms with Gasteiger partial charge in [0, 0.05) is 18.7 Å². The van der Waals surface area contributed by atoms with E-state index in [-0.39, 0.29) is 5.97 Å². The van der Waals surface area contributed by atoms with Crippen LogP contribution >= 0.6 is 0 Å². The molecule has 0 unspecified atom stereocenters. The lowest BCUT2D eigenvalue weighted by molar-refractivity contribution is -0.143. The van der Waals surface area contributed by atoms with Crippen molar-refractivity contribution < 1.29 is 9.53 Å². The van der Waals surface area contributed by atoms with Crippen LogP contribution in [0.15, 0.2) is 18.2 Å². The quantitative estimate of drug-likeness (QED) is 0.550. The molecule has 0 aliphatic heterocycles. The maximum absolute atomic E-state index is 11.1. The second-order valence-corrected chi connectivity index (χ2v) is 4.56. The molecule has 1 aromatic rings. The van der Waals surface area contributed by atoms with Crippen LogP contribution in [-0.2, 0) is 16.1 Å². The zero-order valence-electron chi connectivity index (χ0n) is 11.9. The van der Waals surface area contributed by atoms with Gasteiger partial charge in [-0.15, -0.1) is 0 Å². The molecule has 0 spiro atoms. The normalized spacial score (nSPS) is 10.4. The van der Waals surface area contributed by atoms with Crippen molar-refractivity contribution in [3.8, 4) is 0 Å². The average Bonchev–Trinajstić information content (AvgIpc) is 2.38. The van der Waals surface area contributed by atoms with Gasteiger partial charge < -0.3 is 10.1 Å². The van der Waals surface area contributed by atoms with Crippen LogP contribution in [0.25, 0.3) is 0 Å². The van der Waals surface area contributed by atoms with Crippen molar-refractivity contribution in [3.05, 3.63) is 29.6 Å². The van der Waals surface area contributed by atoms with Crippen molar-refractivity contribution in [2.45, 2.75) is 46.1 Å². The van der Waals surface area contributed by atoms with E-state index in [9.17, 15) is 4.79 Å². The number of rotatable bonds is 9. The fourth-order valence-corrected chi connectivity index (χ4v) is 1.84. The number of carbonyl (C=O) groups excluding carboxylic acids is 1. The molecule has 0 radical (unpaired) electrons. The Balaban J connectivity index is 1.98. The third kappa shape index (κ3) is 7.57. The molecule has 1 N–H and O–H groups in total. The van der Waals surface area contributed by atoms with Crippen LogP contribution in [0, 0.1) is 6.92 Å². The Labute approximate surface area is 115 Å². The molecule has 0 atom stereocenters. The summed E-state index contributed by atoms with van der Waals surface area (Å²) >= 11 is 0. The molecule has 0 saturated heterocycles. The third-order valence-electron chi connectivity index (χ3n) is 2.79. The van der Waals surface area contributed by atoms with Gasteiger partial charge in [0.25, 0.3) is 0 Å². The first-order valence-electron chi connectivity index (χ1n) is 7.01. The Bertz CT molecular complexity index is 380. The molecular weight excluding hydrogens is 240 g/mol. The van der Waals surface area contributed by atoms with Crippen molar-refractivity contribution in [3.63, 3.8) is 0 Å². The zero-order chi connectivity index (χ0) is 13.9. The van der Waals surface area contributed by atoms with Gasteiger partial charge in [0.1, 0.15) is 0 Å². The lowest BCUT2D eigenvalue weighted by Gasteiger charge is -2.05. The van der Waals surface area contributed by atoms with Crippen molar-refractivity contribution in [1.29, 1.82) is 0 Å². The molecule has 0 aliphatic carbocycles. The number of hydrogen-bond acceptors (Lipinski definition) is 4. The van der Waals surface area contributed by atoms with Crippen LogP contribution in [0.1, 0.15) is 44.0 Å². The molecule has 4 nitrogen and oxygen atoms in total. The van der Waals surface area contributed by atoms with Gasteiger partial charge in [-0.1, -0.05) is 12.5 Å². The first kappa shape index (κ1) is 15.6. The van der Waals surface area contributed by atoms with E-state index in [1.165, 1.54) is 0 Å². The van der Waals surface area contributed by atoms with E-state index in [4.69, 9.17) is 4.74 Å². The summed E-state index contributed by atoms with van der Waals surface area (Å²) in [5, 5.41) is 3.36. The van der Waals surface area contributed by atoms with Gasteiger partial charge >= 0.3 is 5.97 Å². The Kier molecular flexibility index (Phi) is 7.82. The predicted molar refractivity (Wildman–Crippen MR) is 75.8 cm³/mol. The number of nitrogens with one attached hydrogen (secondary N) is 1. The molecule has 1 heterocycles. The highest BCUT2D eigenvalue weighted by molar-refractivity contribution is 5.69. The average molecular weight is 264 g/mol. The Morgan fingerprint density at radius 1 is 1.32 bits per heavy atom. The number of unbranched alkanes of at least 4 members (excludes halogenated alkanes) is 2. The van der Waals surface area contributed by atoms with E-state index in [0.717, 1.165) is 43.7 Å². The predicted octanol–water partition coefficient (Wildman–Crippen LogP) is 2.60. The van der Waals surface area contributed by atoms with Crippen LogP contribution < -0.4 is 5.32 Å². The van der Waals surface area contributed by atoms with Crippen LogP contribution in [0.5, 0.6) is 0 Å². The maximum atomic E-state index is 11.1. The maximum Gasteiger partial charge on any atom is 0.305 e. The number of aromatic nitrogens is 1. The van der Waals surface area contributed by atoms with Gasteiger partial charge in [-0.05, 0) is 45.4 Å². The van der Waals surface area contributed by atoms with Gasteiger partial charge in [-0.2, -0.15) is 0 Å². The molecule has 4 heteroatoms. The second kappa shape index (κ2) is 9.50. The highest BCUT2D eigenvalue weighted by atomic mass is 16.5. The van der Waals surface area contributed by atoms with E-state index in [1.54, 1.807) is 0 Å². The van der Waals surface area contributed by atoms with Crippen molar-refractivity contribution in [1.82, 2.24) is 10.3 Å².